The minimum Gasteiger partial charge on any atom is -0.384 e. The van der Waals surface area contributed by atoms with E-state index < -0.39 is 5.60 Å². The Bertz CT molecular complexity index is 612. The topological polar surface area (TPSA) is 49.3 Å². The largest absolute Gasteiger partial charge is 0.384 e. The Labute approximate surface area is 138 Å². The van der Waals surface area contributed by atoms with Gasteiger partial charge in [-0.1, -0.05) is 74.5 Å². The third-order valence-corrected chi connectivity index (χ3v) is 4.33. The third kappa shape index (κ3) is 4.42. The van der Waals surface area contributed by atoms with Gasteiger partial charge in [0.1, 0.15) is 0 Å². The number of carbonyl (C=O) groups is 1. The van der Waals surface area contributed by atoms with E-state index in [0.29, 0.717) is 19.4 Å². The fourth-order valence-corrected chi connectivity index (χ4v) is 2.76. The van der Waals surface area contributed by atoms with E-state index in [9.17, 15) is 9.90 Å². The van der Waals surface area contributed by atoms with Gasteiger partial charge in [-0.2, -0.15) is 0 Å². The van der Waals surface area contributed by atoms with Crippen LogP contribution in [-0.4, -0.2) is 17.6 Å². The van der Waals surface area contributed by atoms with Gasteiger partial charge < -0.3 is 10.4 Å². The molecule has 0 aliphatic heterocycles. The molecule has 0 aliphatic carbocycles. The minimum absolute atomic E-state index is 0.00646. The summed E-state index contributed by atoms with van der Waals surface area (Å²) >= 11 is 0. The molecule has 2 rings (SSSR count). The first kappa shape index (κ1) is 17.2. The number of aliphatic hydroxyl groups is 1. The van der Waals surface area contributed by atoms with Crippen LogP contribution in [0.4, 0.5) is 0 Å². The van der Waals surface area contributed by atoms with E-state index >= 15 is 0 Å². The van der Waals surface area contributed by atoms with Crippen molar-refractivity contribution in [1.82, 2.24) is 5.32 Å². The first-order chi connectivity index (χ1) is 11.1. The molecule has 0 saturated carbocycles. The maximum atomic E-state index is 11.5. The number of carbonyl (C=O) groups excluding carboxylic acids is 1. The highest BCUT2D eigenvalue weighted by Gasteiger charge is 2.35. The predicted molar refractivity (Wildman–Crippen MR) is 92.9 cm³/mol. The summed E-state index contributed by atoms with van der Waals surface area (Å²) in [6, 6.07) is 19.7. The van der Waals surface area contributed by atoms with E-state index in [1.165, 1.54) is 0 Å². The number of hydrogen-bond acceptors (Lipinski definition) is 2. The minimum atomic E-state index is -1.02. The number of rotatable bonds is 7. The van der Waals surface area contributed by atoms with Crippen molar-refractivity contribution in [2.45, 2.75) is 32.3 Å². The summed E-state index contributed by atoms with van der Waals surface area (Å²) in [5, 5.41) is 14.3. The zero-order chi connectivity index (χ0) is 16.7. The molecule has 0 aromatic heterocycles. The molecule has 1 amide bonds. The van der Waals surface area contributed by atoms with Crippen molar-refractivity contribution in [1.29, 1.82) is 0 Å². The molecule has 0 spiro atoms. The summed E-state index contributed by atoms with van der Waals surface area (Å²) in [5.41, 5.74) is 0.929. The van der Waals surface area contributed by atoms with Gasteiger partial charge >= 0.3 is 0 Å². The van der Waals surface area contributed by atoms with E-state index in [2.05, 4.69) is 5.32 Å². The smallest absolute Gasteiger partial charge is 0.219 e. The van der Waals surface area contributed by atoms with Gasteiger partial charge in [0.25, 0.3) is 0 Å². The Morgan fingerprint density at radius 1 is 1.09 bits per heavy atom. The number of benzene rings is 2. The fraction of sp³-hybridized carbons (Fsp3) is 0.350. The van der Waals surface area contributed by atoms with E-state index in [0.717, 1.165) is 11.1 Å². The van der Waals surface area contributed by atoms with Gasteiger partial charge in [0.2, 0.25) is 5.91 Å². The van der Waals surface area contributed by atoms with Crippen LogP contribution in [0.1, 0.15) is 31.4 Å². The lowest BCUT2D eigenvalue weighted by molar-refractivity contribution is -0.121. The summed E-state index contributed by atoms with van der Waals surface area (Å²) < 4.78 is 0. The molecule has 3 heteroatoms. The van der Waals surface area contributed by atoms with Crippen molar-refractivity contribution in [3.05, 3.63) is 71.8 Å². The molecule has 2 aromatic carbocycles. The fourth-order valence-electron chi connectivity index (χ4n) is 2.76. The monoisotopic (exact) mass is 311 g/mol. The molecular formula is C20H25NO2. The Morgan fingerprint density at radius 3 is 2.22 bits per heavy atom. The van der Waals surface area contributed by atoms with Crippen LogP contribution in [0.2, 0.25) is 0 Å². The quantitative estimate of drug-likeness (QED) is 0.824. The molecule has 0 saturated heterocycles. The molecule has 0 aliphatic rings. The van der Waals surface area contributed by atoms with Crippen LogP contribution in [0, 0.1) is 5.92 Å². The van der Waals surface area contributed by atoms with Crippen LogP contribution in [0.15, 0.2) is 60.7 Å². The number of amides is 1. The summed E-state index contributed by atoms with van der Waals surface area (Å²) in [4.78, 5) is 11.5. The Morgan fingerprint density at radius 2 is 1.65 bits per heavy atom. The second kappa shape index (κ2) is 7.93. The van der Waals surface area contributed by atoms with Gasteiger partial charge in [0.15, 0.2) is 0 Å². The lowest BCUT2D eigenvalue weighted by atomic mass is 9.77. The van der Waals surface area contributed by atoms with Gasteiger partial charge in [-0.05, 0) is 11.1 Å². The van der Waals surface area contributed by atoms with Gasteiger partial charge in [0.05, 0.1) is 5.60 Å². The van der Waals surface area contributed by atoms with Crippen LogP contribution >= 0.6 is 0 Å². The highest BCUT2D eigenvalue weighted by atomic mass is 16.3. The highest BCUT2D eigenvalue weighted by molar-refractivity contribution is 5.75. The molecule has 3 nitrogen and oxygen atoms in total. The van der Waals surface area contributed by atoms with E-state index in [4.69, 9.17) is 0 Å². The molecule has 2 unspecified atom stereocenters. The molecule has 2 atom stereocenters. The van der Waals surface area contributed by atoms with Crippen LogP contribution in [0.25, 0.3) is 0 Å². The normalized spacial score (nSPS) is 14.7. The maximum absolute atomic E-state index is 11.5. The number of nitrogens with one attached hydrogen (secondary N) is 1. The highest BCUT2D eigenvalue weighted by Crippen LogP contribution is 2.33. The maximum Gasteiger partial charge on any atom is 0.219 e. The molecule has 0 bridgehead atoms. The lowest BCUT2D eigenvalue weighted by Crippen LogP contribution is -2.42. The van der Waals surface area contributed by atoms with Gasteiger partial charge in [-0.15, -0.1) is 0 Å². The first-order valence-electron chi connectivity index (χ1n) is 8.14. The van der Waals surface area contributed by atoms with Crippen LogP contribution in [0.3, 0.4) is 0 Å². The van der Waals surface area contributed by atoms with Crippen molar-refractivity contribution in [2.24, 2.45) is 5.92 Å². The number of hydrogen-bond donors (Lipinski definition) is 2. The van der Waals surface area contributed by atoms with E-state index in [1.54, 1.807) is 0 Å². The predicted octanol–water partition coefficient (Wildman–Crippen LogP) is 3.28. The van der Waals surface area contributed by atoms with Crippen molar-refractivity contribution in [3.63, 3.8) is 0 Å². The average molecular weight is 311 g/mol. The summed E-state index contributed by atoms with van der Waals surface area (Å²) in [6.45, 7) is 4.25. The van der Waals surface area contributed by atoms with Crippen LogP contribution in [0.5, 0.6) is 0 Å². The second-order valence-electron chi connectivity index (χ2n) is 6.01. The van der Waals surface area contributed by atoms with Gasteiger partial charge in [-0.3, -0.25) is 4.79 Å². The van der Waals surface area contributed by atoms with Crippen LogP contribution in [-0.2, 0) is 16.8 Å². The summed E-state index contributed by atoms with van der Waals surface area (Å²) in [7, 11) is 0. The molecule has 2 N–H and O–H groups in total. The van der Waals surface area contributed by atoms with E-state index in [-0.39, 0.29) is 11.8 Å². The third-order valence-electron chi connectivity index (χ3n) is 4.33. The van der Waals surface area contributed by atoms with Crippen molar-refractivity contribution in [2.75, 3.05) is 6.54 Å². The molecular weight excluding hydrogens is 286 g/mol. The van der Waals surface area contributed by atoms with Crippen LogP contribution < -0.4 is 5.32 Å². The SMILES string of the molecule is CCC(=O)NCC(C)C(O)(Cc1ccccc1)c1ccccc1. The zero-order valence-electron chi connectivity index (χ0n) is 13.8. The second-order valence-corrected chi connectivity index (χ2v) is 6.01. The van der Waals surface area contributed by atoms with Crippen molar-refractivity contribution >= 4 is 5.91 Å². The Hall–Kier alpha value is -2.13. The first-order valence-corrected chi connectivity index (χ1v) is 8.14. The summed E-state index contributed by atoms with van der Waals surface area (Å²) in [5.74, 6) is -0.104. The molecule has 0 heterocycles. The molecule has 122 valence electrons. The van der Waals surface area contributed by atoms with Gasteiger partial charge in [0, 0.05) is 25.3 Å². The molecule has 23 heavy (non-hydrogen) atoms. The Kier molecular flexibility index (Phi) is 5.94. The standard InChI is InChI=1S/C20H25NO2/c1-3-19(22)21-15-16(2)20(23,18-12-8-5-9-13-18)14-17-10-6-4-7-11-17/h4-13,16,23H,3,14-15H2,1-2H3,(H,21,22). The van der Waals surface area contributed by atoms with E-state index in [1.807, 2.05) is 74.5 Å². The average Bonchev–Trinajstić information content (AvgIpc) is 2.60. The zero-order valence-corrected chi connectivity index (χ0v) is 13.8. The molecule has 0 radical (unpaired) electrons. The molecule has 2 aromatic rings. The van der Waals surface area contributed by atoms with Crippen molar-refractivity contribution < 1.29 is 9.90 Å². The molecule has 0 fully saturated rings. The Balaban J connectivity index is 2.25. The van der Waals surface area contributed by atoms with Crippen molar-refractivity contribution in [3.8, 4) is 0 Å². The summed E-state index contributed by atoms with van der Waals surface area (Å²) in [6.07, 6.45) is 0.968. The van der Waals surface area contributed by atoms with Gasteiger partial charge in [-0.25, -0.2) is 0 Å². The lowest BCUT2D eigenvalue weighted by Gasteiger charge is -2.35.